The minimum atomic E-state index is -0.852. The van der Waals surface area contributed by atoms with Gasteiger partial charge in [0.25, 0.3) is 23.6 Å². The first kappa shape index (κ1) is 105. The van der Waals surface area contributed by atoms with Gasteiger partial charge in [0.2, 0.25) is 0 Å². The minimum Gasteiger partial charge on any atom is -0.274 e. The summed E-state index contributed by atoms with van der Waals surface area (Å²) in [5.74, 6) is -1.08. The molecule has 0 fully saturated rings. The number of carbonyl (C=O) groups excluding carboxylic acids is 4. The number of unbranched alkanes of at least 4 members (excludes halogenated alkanes) is 46. The standard InChI is InChI=1S/C124H160N6O4S6/c1-9-15-21-27-29-31-33-35-37-39-41-43-45-47-49-51-53-59-81-129-119(131)104-88(8)136-117(105(104)120(129)132)108-110-112(127-139-125-110)109(113-111(108)126-140-128-113)118-107-106(121(133)130(122(107)134)82-60-54-52-50-48-46-44-42-40-38-36-34-32-30-28-22-16-10-2)116(138-118)103-86-102-115(137-103)98-85-99-97(84-100(98)124(102,95-77-69-91(70-78-95)63-57-25-19-13-5)96-79-71-92(72-80-96)64-58-26-20-14-6)114-101(83-87(7)135-114)123(99,93-73-65-89(66-74-93)61-55-23-17-11-3)94-75-67-90(68-76-94)62-56-24-18-12-4/h65-80,83-86H,9-64,81-82H2,1-8H3. The molecule has 140 heavy (non-hydrogen) atoms. The fourth-order valence-corrected chi connectivity index (χ4v) is 29.8. The first-order valence-corrected chi connectivity index (χ1v) is 60.8. The molecule has 0 N–H and O–H groups in total. The summed E-state index contributed by atoms with van der Waals surface area (Å²) in [7, 11) is 0. The highest BCUT2D eigenvalue weighted by molar-refractivity contribution is 7.58. The average Bonchev–Trinajstić information content (AvgIpc) is 1.49. The van der Waals surface area contributed by atoms with Crippen molar-refractivity contribution in [3.8, 4) is 51.5 Å². The Labute approximate surface area is 864 Å². The molecule has 6 aromatic carbocycles. The Bertz CT molecular complexity index is 5900. The van der Waals surface area contributed by atoms with Crippen molar-refractivity contribution in [3.05, 3.63) is 220 Å². The van der Waals surface area contributed by atoms with E-state index in [1.54, 1.807) is 16.2 Å². The molecule has 11 aromatic rings. The summed E-state index contributed by atoms with van der Waals surface area (Å²) >= 11 is 8.84. The lowest BCUT2D eigenvalue weighted by molar-refractivity contribution is 0.0636. The number of thiophene rings is 4. The third-order valence-corrected chi connectivity index (χ3v) is 37.4. The Morgan fingerprint density at radius 2 is 0.543 bits per heavy atom. The molecule has 4 amide bonds. The van der Waals surface area contributed by atoms with E-state index in [0.717, 1.165) is 120 Å². The SMILES string of the molecule is CCCCCCCCCCCCCCCCCCCCN1C(=O)c2c(C)sc(-c3c4c(c(-c5sc(-c6cc7c(s6)-c6cc8c(cc6C7(c6ccc(CCCCCC)cc6)c6ccc(CCCCCC)cc6)-c6sc(C)cc6C8(c6ccc(CCCCCC)cc6)c6ccc(CCCCCC)cc6)c6c5C(=O)N(CCCCCCCCCCCCCCCCCCCC)C6=O)c5nsnc35)N=S=N4)c2C1=O. The molecule has 0 unspecified atom stereocenters. The van der Waals surface area contributed by atoms with E-state index in [1.165, 1.54) is 391 Å². The molecular weight excluding hydrogens is 1830 g/mol. The van der Waals surface area contributed by atoms with E-state index in [0.29, 0.717) is 85.1 Å². The monoisotopic (exact) mass is 1990 g/mol. The van der Waals surface area contributed by atoms with Crippen molar-refractivity contribution in [3.63, 3.8) is 0 Å². The number of aromatic nitrogens is 2. The molecule has 746 valence electrons. The molecular formula is C124H160N6O4S6. The van der Waals surface area contributed by atoms with Gasteiger partial charge in [0, 0.05) is 37.5 Å². The number of hydrogen-bond acceptors (Lipinski definition) is 13. The van der Waals surface area contributed by atoms with Crippen LogP contribution in [0.15, 0.2) is 130 Å². The Balaban J connectivity index is 0.783. The highest BCUT2D eigenvalue weighted by Crippen LogP contribution is 2.67. The summed E-state index contributed by atoms with van der Waals surface area (Å²) in [6.07, 6.45) is 68.7. The fraction of sp³-hybridized carbons (Fsp3) is 0.548. The van der Waals surface area contributed by atoms with Gasteiger partial charge in [-0.15, -0.1) is 45.3 Å². The molecule has 3 aliphatic heterocycles. The van der Waals surface area contributed by atoms with Crippen molar-refractivity contribution < 1.29 is 19.2 Å². The van der Waals surface area contributed by atoms with E-state index in [1.807, 2.05) is 18.3 Å². The smallest absolute Gasteiger partial charge is 0.263 e. The van der Waals surface area contributed by atoms with Gasteiger partial charge in [-0.25, -0.2) is 0 Å². The van der Waals surface area contributed by atoms with Gasteiger partial charge in [0.05, 0.1) is 81.9 Å². The van der Waals surface area contributed by atoms with Crippen LogP contribution in [0.4, 0.5) is 11.4 Å². The maximum atomic E-state index is 16.5. The van der Waals surface area contributed by atoms with E-state index in [2.05, 4.69) is 170 Å². The molecule has 0 radical (unpaired) electrons. The fourth-order valence-electron chi connectivity index (χ4n) is 23.7. The molecule has 2 aliphatic carbocycles. The van der Waals surface area contributed by atoms with E-state index in [-0.39, 0.29) is 23.6 Å². The number of fused-ring (bicyclic) bond motifs is 10. The van der Waals surface area contributed by atoms with Crippen molar-refractivity contribution in [1.29, 1.82) is 0 Å². The van der Waals surface area contributed by atoms with E-state index < -0.39 is 10.8 Å². The predicted molar refractivity (Wildman–Crippen MR) is 601 cm³/mol. The van der Waals surface area contributed by atoms with Crippen LogP contribution in [0.1, 0.15) is 493 Å². The van der Waals surface area contributed by atoms with Crippen LogP contribution in [-0.4, -0.2) is 55.3 Å². The third-order valence-electron chi connectivity index (χ3n) is 31.6. The van der Waals surface area contributed by atoms with Crippen LogP contribution >= 0.6 is 57.1 Å². The van der Waals surface area contributed by atoms with Crippen molar-refractivity contribution >= 4 is 114 Å². The van der Waals surface area contributed by atoms with Crippen molar-refractivity contribution in [2.24, 2.45) is 8.73 Å². The summed E-state index contributed by atoms with van der Waals surface area (Å²) < 4.78 is 20.8. The summed E-state index contributed by atoms with van der Waals surface area (Å²) in [4.78, 5) is 73.6. The first-order chi connectivity index (χ1) is 68.8. The lowest BCUT2D eigenvalue weighted by atomic mass is 9.65. The summed E-state index contributed by atoms with van der Waals surface area (Å²) in [6, 6.07) is 49.4. The zero-order valence-electron chi connectivity index (χ0n) is 86.3. The number of carbonyl (C=O) groups is 4. The average molecular weight is 1990 g/mol. The lowest BCUT2D eigenvalue weighted by Gasteiger charge is -2.35. The molecule has 0 spiro atoms. The van der Waals surface area contributed by atoms with Crippen LogP contribution in [0.5, 0.6) is 0 Å². The molecule has 10 nitrogen and oxygen atoms in total. The Kier molecular flexibility index (Phi) is 39.1. The molecule has 16 rings (SSSR count). The first-order valence-electron chi connectivity index (χ1n) is 56.1. The van der Waals surface area contributed by atoms with Crippen molar-refractivity contribution in [2.75, 3.05) is 13.1 Å². The molecule has 16 heteroatoms. The van der Waals surface area contributed by atoms with Crippen LogP contribution in [0.2, 0.25) is 0 Å². The highest BCUT2D eigenvalue weighted by Gasteiger charge is 2.55. The van der Waals surface area contributed by atoms with Crippen LogP contribution in [0, 0.1) is 13.8 Å². The molecule has 0 atom stereocenters. The van der Waals surface area contributed by atoms with Gasteiger partial charge in [0.1, 0.15) is 22.4 Å². The van der Waals surface area contributed by atoms with Crippen molar-refractivity contribution in [2.45, 2.75) is 426 Å². The zero-order chi connectivity index (χ0) is 97.2. The Morgan fingerprint density at radius 3 is 0.879 bits per heavy atom. The molecule has 0 saturated carbocycles. The van der Waals surface area contributed by atoms with Gasteiger partial charge in [-0.05, 0) is 180 Å². The van der Waals surface area contributed by atoms with Gasteiger partial charge in [-0.2, -0.15) is 17.5 Å². The van der Waals surface area contributed by atoms with Gasteiger partial charge < -0.3 is 0 Å². The van der Waals surface area contributed by atoms with Gasteiger partial charge in [-0.1, -0.05) is 434 Å². The van der Waals surface area contributed by atoms with Crippen LogP contribution in [0.25, 0.3) is 62.6 Å². The quantitative estimate of drug-likeness (QED) is 0.0276. The molecule has 0 bridgehead atoms. The number of benzene rings is 6. The lowest BCUT2D eigenvalue weighted by Crippen LogP contribution is -2.31. The molecule has 5 aliphatic rings. The second-order valence-electron chi connectivity index (χ2n) is 41.9. The number of imide groups is 2. The van der Waals surface area contributed by atoms with E-state index >= 15 is 14.4 Å². The van der Waals surface area contributed by atoms with Gasteiger partial charge in [0.15, 0.2) is 0 Å². The third kappa shape index (κ3) is 23.4. The summed E-state index contributed by atoms with van der Waals surface area (Å²) in [5, 5.41) is 0. The number of aryl methyl sites for hydroxylation is 6. The van der Waals surface area contributed by atoms with Gasteiger partial charge >= 0.3 is 0 Å². The van der Waals surface area contributed by atoms with E-state index in [9.17, 15) is 4.79 Å². The molecule has 8 heterocycles. The topological polar surface area (TPSA) is 125 Å². The molecule has 5 aromatic heterocycles. The van der Waals surface area contributed by atoms with Crippen molar-refractivity contribution in [1.82, 2.24) is 18.5 Å². The number of hydrogen-bond donors (Lipinski definition) is 0. The van der Waals surface area contributed by atoms with Crippen LogP contribution in [-0.2, 0) is 47.9 Å². The highest BCUT2D eigenvalue weighted by atomic mass is 32.1. The van der Waals surface area contributed by atoms with Crippen LogP contribution < -0.4 is 0 Å². The maximum Gasteiger partial charge on any atom is 0.263 e. The number of amides is 4. The predicted octanol–water partition coefficient (Wildman–Crippen LogP) is 38.8. The second kappa shape index (κ2) is 52.2. The Morgan fingerprint density at radius 1 is 0.264 bits per heavy atom. The maximum absolute atomic E-state index is 16.5. The van der Waals surface area contributed by atoms with Gasteiger partial charge in [-0.3, -0.25) is 29.0 Å². The normalized spacial score (nSPS) is 14.1. The Hall–Kier alpha value is -7.96. The number of nitrogens with zero attached hydrogens (tertiary/aromatic N) is 6. The summed E-state index contributed by atoms with van der Waals surface area (Å²) in [5.41, 5.74) is 21.5. The van der Waals surface area contributed by atoms with E-state index in [4.69, 9.17) is 17.5 Å². The second-order valence-corrected chi connectivity index (χ2v) is 47.5. The zero-order valence-corrected chi connectivity index (χ0v) is 91.2. The van der Waals surface area contributed by atoms with Crippen LogP contribution in [0.3, 0.4) is 0 Å². The summed E-state index contributed by atoms with van der Waals surface area (Å²) in [6.45, 7) is 18.7. The largest absolute Gasteiger partial charge is 0.274 e. The molecule has 0 saturated heterocycles. The number of rotatable bonds is 65. The minimum absolute atomic E-state index is 0.238.